The lowest BCUT2D eigenvalue weighted by Crippen LogP contribution is -2.30. The first-order valence-corrected chi connectivity index (χ1v) is 8.51. The summed E-state index contributed by atoms with van der Waals surface area (Å²) in [6, 6.07) is 6.62. The minimum Gasteiger partial charge on any atom is -0.394 e. The SMILES string of the molecule is O=C(CCCc1nc(C2CC2)no1)NC(CO)c1ccc(Cl)cc1. The maximum Gasteiger partial charge on any atom is 0.226 e. The summed E-state index contributed by atoms with van der Waals surface area (Å²) < 4.78 is 5.19. The Hall–Kier alpha value is -1.92. The van der Waals surface area contributed by atoms with Crippen LogP contribution in [-0.4, -0.2) is 27.8 Å². The number of aliphatic hydroxyl groups excluding tert-OH is 1. The highest BCUT2D eigenvalue weighted by Gasteiger charge is 2.28. The normalized spacial score (nSPS) is 15.2. The van der Waals surface area contributed by atoms with Crippen molar-refractivity contribution >= 4 is 17.5 Å². The number of aliphatic hydroxyl groups is 1. The molecule has 1 aromatic heterocycles. The van der Waals surface area contributed by atoms with E-state index in [0.717, 1.165) is 24.2 Å². The predicted octanol–water partition coefficient (Wildman–Crippen LogP) is 2.77. The van der Waals surface area contributed by atoms with E-state index in [9.17, 15) is 9.90 Å². The van der Waals surface area contributed by atoms with E-state index in [1.807, 2.05) is 0 Å². The predicted molar refractivity (Wildman–Crippen MR) is 88.6 cm³/mol. The Balaban J connectivity index is 1.44. The summed E-state index contributed by atoms with van der Waals surface area (Å²) >= 11 is 5.85. The number of rotatable bonds is 8. The van der Waals surface area contributed by atoms with Crippen LogP contribution in [-0.2, 0) is 11.2 Å². The van der Waals surface area contributed by atoms with Gasteiger partial charge in [0.2, 0.25) is 11.8 Å². The van der Waals surface area contributed by atoms with Gasteiger partial charge in [0.05, 0.1) is 12.6 Å². The van der Waals surface area contributed by atoms with Gasteiger partial charge in [-0.05, 0) is 37.0 Å². The van der Waals surface area contributed by atoms with Gasteiger partial charge in [0.15, 0.2) is 5.82 Å². The van der Waals surface area contributed by atoms with E-state index in [0.29, 0.717) is 36.1 Å². The Kier molecular flexibility index (Phi) is 5.48. The van der Waals surface area contributed by atoms with Gasteiger partial charge in [0, 0.05) is 23.8 Å². The summed E-state index contributed by atoms with van der Waals surface area (Å²) in [5.41, 5.74) is 0.821. The molecule has 1 aliphatic rings. The zero-order valence-corrected chi connectivity index (χ0v) is 14.0. The third kappa shape index (κ3) is 4.55. The van der Waals surface area contributed by atoms with Crippen LogP contribution in [0.1, 0.15) is 54.9 Å². The number of hydrogen-bond donors (Lipinski definition) is 2. The molecule has 0 bridgehead atoms. The van der Waals surface area contributed by atoms with Gasteiger partial charge in [-0.1, -0.05) is 28.9 Å². The van der Waals surface area contributed by atoms with Crippen LogP contribution >= 0.6 is 11.6 Å². The topological polar surface area (TPSA) is 88.2 Å². The van der Waals surface area contributed by atoms with Crippen molar-refractivity contribution in [3.8, 4) is 0 Å². The zero-order chi connectivity index (χ0) is 16.9. The second-order valence-corrected chi connectivity index (χ2v) is 6.46. The molecule has 6 nitrogen and oxygen atoms in total. The Morgan fingerprint density at radius 3 is 2.79 bits per heavy atom. The quantitative estimate of drug-likeness (QED) is 0.765. The van der Waals surface area contributed by atoms with Gasteiger partial charge in [-0.25, -0.2) is 0 Å². The number of carbonyl (C=O) groups is 1. The van der Waals surface area contributed by atoms with Crippen LogP contribution in [0.5, 0.6) is 0 Å². The molecule has 24 heavy (non-hydrogen) atoms. The van der Waals surface area contributed by atoms with Gasteiger partial charge in [-0.2, -0.15) is 4.98 Å². The van der Waals surface area contributed by atoms with E-state index < -0.39 is 6.04 Å². The fourth-order valence-electron chi connectivity index (χ4n) is 2.47. The minimum atomic E-state index is -0.431. The van der Waals surface area contributed by atoms with Gasteiger partial charge >= 0.3 is 0 Å². The van der Waals surface area contributed by atoms with Crippen LogP contribution in [0.3, 0.4) is 0 Å². The fraction of sp³-hybridized carbons (Fsp3) is 0.471. The molecule has 3 rings (SSSR count). The van der Waals surface area contributed by atoms with Crippen LogP contribution < -0.4 is 5.32 Å². The molecule has 1 heterocycles. The lowest BCUT2D eigenvalue weighted by molar-refractivity contribution is -0.122. The Bertz CT molecular complexity index is 683. The summed E-state index contributed by atoms with van der Waals surface area (Å²) in [6.45, 7) is -0.165. The van der Waals surface area contributed by atoms with Crippen molar-refractivity contribution in [2.75, 3.05) is 6.61 Å². The van der Waals surface area contributed by atoms with Crippen molar-refractivity contribution in [2.45, 2.75) is 44.1 Å². The van der Waals surface area contributed by atoms with Crippen molar-refractivity contribution in [3.05, 3.63) is 46.6 Å². The highest BCUT2D eigenvalue weighted by atomic mass is 35.5. The van der Waals surface area contributed by atoms with Crippen LogP contribution in [0.2, 0.25) is 5.02 Å². The Labute approximate surface area is 145 Å². The smallest absolute Gasteiger partial charge is 0.226 e. The number of amides is 1. The monoisotopic (exact) mass is 349 g/mol. The first-order chi connectivity index (χ1) is 11.7. The maximum atomic E-state index is 12.1. The Morgan fingerprint density at radius 1 is 1.38 bits per heavy atom. The molecule has 128 valence electrons. The average Bonchev–Trinajstić information content (AvgIpc) is 3.33. The molecule has 1 amide bonds. The third-order valence-electron chi connectivity index (χ3n) is 4.01. The molecule has 1 fully saturated rings. The highest BCUT2D eigenvalue weighted by Crippen LogP contribution is 2.38. The lowest BCUT2D eigenvalue weighted by Gasteiger charge is -2.16. The molecular formula is C17H20ClN3O3. The van der Waals surface area contributed by atoms with E-state index in [4.69, 9.17) is 16.1 Å². The number of halogens is 1. The number of nitrogens with one attached hydrogen (secondary N) is 1. The van der Waals surface area contributed by atoms with Crippen LogP contribution in [0.15, 0.2) is 28.8 Å². The van der Waals surface area contributed by atoms with E-state index in [1.54, 1.807) is 24.3 Å². The van der Waals surface area contributed by atoms with Crippen LogP contribution in [0.25, 0.3) is 0 Å². The molecule has 1 aromatic carbocycles. The maximum absolute atomic E-state index is 12.1. The summed E-state index contributed by atoms with van der Waals surface area (Å²) in [6.07, 6.45) is 3.81. The van der Waals surface area contributed by atoms with E-state index in [-0.39, 0.29) is 12.5 Å². The molecule has 2 N–H and O–H groups in total. The third-order valence-corrected chi connectivity index (χ3v) is 4.26. The van der Waals surface area contributed by atoms with Crippen molar-refractivity contribution < 1.29 is 14.4 Å². The van der Waals surface area contributed by atoms with Gasteiger partial charge < -0.3 is 14.9 Å². The number of aromatic nitrogens is 2. The highest BCUT2D eigenvalue weighted by molar-refractivity contribution is 6.30. The summed E-state index contributed by atoms with van der Waals surface area (Å²) in [4.78, 5) is 16.4. The van der Waals surface area contributed by atoms with E-state index >= 15 is 0 Å². The van der Waals surface area contributed by atoms with Gasteiger partial charge in [-0.15, -0.1) is 0 Å². The van der Waals surface area contributed by atoms with Crippen molar-refractivity contribution in [3.63, 3.8) is 0 Å². The van der Waals surface area contributed by atoms with Crippen molar-refractivity contribution in [1.82, 2.24) is 15.5 Å². The first-order valence-electron chi connectivity index (χ1n) is 8.14. The molecular weight excluding hydrogens is 330 g/mol. The molecule has 0 saturated heterocycles. The standard InChI is InChI=1S/C17H20ClN3O3/c18-13-8-6-11(7-9-13)14(10-22)19-15(23)2-1-3-16-20-17(21-24-16)12-4-5-12/h6-9,12,14,22H,1-5,10H2,(H,19,23). The van der Waals surface area contributed by atoms with E-state index in [2.05, 4.69) is 15.5 Å². The fourth-order valence-corrected chi connectivity index (χ4v) is 2.60. The molecule has 0 radical (unpaired) electrons. The van der Waals surface area contributed by atoms with Gasteiger partial charge in [-0.3, -0.25) is 4.79 Å². The zero-order valence-electron chi connectivity index (χ0n) is 13.2. The summed E-state index contributed by atoms with van der Waals surface area (Å²) in [5, 5.41) is 16.9. The average molecular weight is 350 g/mol. The molecule has 2 aromatic rings. The molecule has 7 heteroatoms. The van der Waals surface area contributed by atoms with Crippen LogP contribution in [0.4, 0.5) is 0 Å². The van der Waals surface area contributed by atoms with Crippen molar-refractivity contribution in [2.24, 2.45) is 0 Å². The number of carbonyl (C=O) groups excluding carboxylic acids is 1. The lowest BCUT2D eigenvalue weighted by atomic mass is 10.1. The van der Waals surface area contributed by atoms with Crippen LogP contribution in [0, 0.1) is 0 Å². The number of hydrogen-bond acceptors (Lipinski definition) is 5. The van der Waals surface area contributed by atoms with Gasteiger partial charge in [0.25, 0.3) is 0 Å². The van der Waals surface area contributed by atoms with E-state index in [1.165, 1.54) is 0 Å². The van der Waals surface area contributed by atoms with Crippen molar-refractivity contribution in [1.29, 1.82) is 0 Å². The minimum absolute atomic E-state index is 0.120. The van der Waals surface area contributed by atoms with Gasteiger partial charge in [0.1, 0.15) is 0 Å². The summed E-state index contributed by atoms with van der Waals surface area (Å²) in [5.74, 6) is 1.72. The number of nitrogens with zero attached hydrogens (tertiary/aromatic N) is 2. The molecule has 1 unspecified atom stereocenters. The number of benzene rings is 1. The second-order valence-electron chi connectivity index (χ2n) is 6.03. The number of aryl methyl sites for hydroxylation is 1. The summed E-state index contributed by atoms with van der Waals surface area (Å²) in [7, 11) is 0. The molecule has 1 atom stereocenters. The largest absolute Gasteiger partial charge is 0.394 e. The second kappa shape index (κ2) is 7.77. The molecule has 0 aliphatic heterocycles. The molecule has 1 saturated carbocycles. The first kappa shape index (κ1) is 16.9. The Morgan fingerprint density at radius 2 is 2.12 bits per heavy atom. The molecule has 1 aliphatic carbocycles. The molecule has 0 spiro atoms.